The quantitative estimate of drug-likeness (QED) is 0.552. The Morgan fingerprint density at radius 2 is 2.10 bits per heavy atom. The van der Waals surface area contributed by atoms with Crippen LogP contribution in [0.1, 0.15) is 17.3 Å². The number of carbonyl (C=O) groups excluding carboxylic acids is 1. The number of nitrogens with two attached hydrogens (primary N) is 1. The number of pyridine rings is 2. The number of nitrogens with one attached hydrogen (secondary N) is 1. The molecule has 0 amide bonds. The summed E-state index contributed by atoms with van der Waals surface area (Å²) in [4.78, 5) is 30.9. The summed E-state index contributed by atoms with van der Waals surface area (Å²) in [6, 6.07) is 7.25. The number of nitrogens with zero attached hydrogens (tertiary/aromatic N) is 1. The first-order valence-electron chi connectivity index (χ1n) is 6.49. The number of benzene rings is 1. The van der Waals surface area contributed by atoms with Crippen molar-refractivity contribution in [3.05, 3.63) is 46.4 Å². The lowest BCUT2D eigenvalue weighted by Crippen LogP contribution is -2.17. The van der Waals surface area contributed by atoms with Gasteiger partial charge in [-0.05, 0) is 13.0 Å². The third-order valence-electron chi connectivity index (χ3n) is 3.27. The smallest absolute Gasteiger partial charge is 0.342 e. The van der Waals surface area contributed by atoms with Crippen molar-refractivity contribution in [2.24, 2.45) is 0 Å². The van der Waals surface area contributed by atoms with E-state index in [1.165, 1.54) is 6.20 Å². The molecule has 0 aliphatic rings. The van der Waals surface area contributed by atoms with Gasteiger partial charge in [-0.25, -0.2) is 4.79 Å². The van der Waals surface area contributed by atoms with Crippen LogP contribution in [0.25, 0.3) is 21.7 Å². The number of ether oxygens (including phenoxy) is 1. The van der Waals surface area contributed by atoms with E-state index in [4.69, 9.17) is 10.5 Å². The van der Waals surface area contributed by atoms with Crippen molar-refractivity contribution in [3.8, 4) is 0 Å². The molecular formula is C15H13N3O3. The summed E-state index contributed by atoms with van der Waals surface area (Å²) in [5, 5.41) is 1.47. The summed E-state index contributed by atoms with van der Waals surface area (Å²) in [6.45, 7) is 1.93. The van der Waals surface area contributed by atoms with Crippen LogP contribution in [0.2, 0.25) is 0 Å². The number of fused-ring (bicyclic) bond motifs is 3. The van der Waals surface area contributed by atoms with Gasteiger partial charge in [0.15, 0.2) is 0 Å². The van der Waals surface area contributed by atoms with Gasteiger partial charge in [-0.2, -0.15) is 0 Å². The van der Waals surface area contributed by atoms with Gasteiger partial charge in [-0.3, -0.25) is 9.78 Å². The lowest BCUT2D eigenvalue weighted by Gasteiger charge is -2.10. The van der Waals surface area contributed by atoms with E-state index >= 15 is 0 Å². The van der Waals surface area contributed by atoms with E-state index in [-0.39, 0.29) is 23.5 Å². The van der Waals surface area contributed by atoms with Crippen molar-refractivity contribution in [1.82, 2.24) is 9.97 Å². The molecule has 0 saturated heterocycles. The number of para-hydroxylation sites is 1. The van der Waals surface area contributed by atoms with Gasteiger partial charge in [-0.1, -0.05) is 18.2 Å². The van der Waals surface area contributed by atoms with Crippen LogP contribution in [-0.2, 0) is 4.74 Å². The molecule has 0 aliphatic carbocycles. The van der Waals surface area contributed by atoms with E-state index in [0.717, 1.165) is 0 Å². The van der Waals surface area contributed by atoms with Crippen molar-refractivity contribution in [2.45, 2.75) is 6.92 Å². The largest absolute Gasteiger partial charge is 0.462 e. The molecule has 106 valence electrons. The van der Waals surface area contributed by atoms with Crippen molar-refractivity contribution >= 4 is 33.5 Å². The van der Waals surface area contributed by atoms with Crippen LogP contribution in [0.5, 0.6) is 0 Å². The molecule has 0 radical (unpaired) electrons. The van der Waals surface area contributed by atoms with Crippen molar-refractivity contribution in [1.29, 1.82) is 0 Å². The molecule has 3 rings (SSSR count). The molecule has 3 N–H and O–H groups in total. The zero-order valence-corrected chi connectivity index (χ0v) is 11.3. The van der Waals surface area contributed by atoms with Crippen molar-refractivity contribution in [3.63, 3.8) is 0 Å². The van der Waals surface area contributed by atoms with Crippen LogP contribution in [0, 0.1) is 0 Å². The van der Waals surface area contributed by atoms with Gasteiger partial charge in [0.25, 0.3) is 5.56 Å². The Hall–Kier alpha value is -2.89. The molecule has 0 aliphatic heterocycles. The second kappa shape index (κ2) is 4.90. The molecule has 2 heterocycles. The standard InChI is InChI=1S/C15H13N3O3/c1-2-21-15(20)12-11-8-5-3-4-6-10(8)17-7-9(11)14(19)18-13(12)16/h3-7H,2H2,1H3,(H3,16,18,19). The fraction of sp³-hybridized carbons (Fsp3) is 0.133. The van der Waals surface area contributed by atoms with E-state index < -0.39 is 5.97 Å². The fourth-order valence-electron chi connectivity index (χ4n) is 2.38. The van der Waals surface area contributed by atoms with E-state index in [9.17, 15) is 9.59 Å². The highest BCUT2D eigenvalue weighted by Crippen LogP contribution is 2.27. The summed E-state index contributed by atoms with van der Waals surface area (Å²) in [5.41, 5.74) is 6.30. The van der Waals surface area contributed by atoms with E-state index in [1.54, 1.807) is 19.1 Å². The molecule has 0 unspecified atom stereocenters. The van der Waals surface area contributed by atoms with Gasteiger partial charge < -0.3 is 15.5 Å². The summed E-state index contributed by atoms with van der Waals surface area (Å²) >= 11 is 0. The van der Waals surface area contributed by atoms with E-state index in [0.29, 0.717) is 21.7 Å². The number of hydrogen-bond donors (Lipinski definition) is 2. The van der Waals surface area contributed by atoms with Crippen LogP contribution >= 0.6 is 0 Å². The Bertz CT molecular complexity index is 915. The number of esters is 1. The molecule has 2 aromatic heterocycles. The number of anilines is 1. The van der Waals surface area contributed by atoms with Crippen LogP contribution in [0.15, 0.2) is 35.3 Å². The molecule has 0 spiro atoms. The lowest BCUT2D eigenvalue weighted by atomic mass is 10.0. The molecule has 0 bridgehead atoms. The molecule has 0 atom stereocenters. The summed E-state index contributed by atoms with van der Waals surface area (Å²) in [7, 11) is 0. The Morgan fingerprint density at radius 3 is 2.86 bits per heavy atom. The van der Waals surface area contributed by atoms with Gasteiger partial charge in [0.2, 0.25) is 0 Å². The summed E-state index contributed by atoms with van der Waals surface area (Å²) in [6.07, 6.45) is 1.44. The van der Waals surface area contributed by atoms with Gasteiger partial charge in [0, 0.05) is 17.0 Å². The minimum atomic E-state index is -0.562. The normalized spacial score (nSPS) is 10.9. The topological polar surface area (TPSA) is 98.1 Å². The van der Waals surface area contributed by atoms with Crippen LogP contribution in [0.4, 0.5) is 5.82 Å². The minimum Gasteiger partial charge on any atom is -0.462 e. The molecule has 3 aromatic rings. The highest BCUT2D eigenvalue weighted by atomic mass is 16.5. The van der Waals surface area contributed by atoms with Gasteiger partial charge in [0.1, 0.15) is 11.4 Å². The maximum atomic E-state index is 12.2. The number of H-pyrrole nitrogens is 1. The summed E-state index contributed by atoms with van der Waals surface area (Å²) < 4.78 is 5.04. The maximum Gasteiger partial charge on any atom is 0.342 e. The average Bonchev–Trinajstić information content (AvgIpc) is 2.47. The molecule has 6 heteroatoms. The average molecular weight is 283 g/mol. The van der Waals surface area contributed by atoms with E-state index in [1.807, 2.05) is 12.1 Å². The number of carbonyl (C=O) groups is 1. The second-order valence-electron chi connectivity index (χ2n) is 4.53. The molecule has 1 aromatic carbocycles. The molecular weight excluding hydrogens is 270 g/mol. The zero-order valence-electron chi connectivity index (χ0n) is 11.3. The van der Waals surface area contributed by atoms with Crippen LogP contribution in [0.3, 0.4) is 0 Å². The zero-order chi connectivity index (χ0) is 15.0. The number of aromatic nitrogens is 2. The highest BCUT2D eigenvalue weighted by Gasteiger charge is 2.20. The molecule has 0 saturated carbocycles. The number of rotatable bonds is 2. The number of aromatic amines is 1. The first-order chi connectivity index (χ1) is 10.1. The number of hydrogen-bond acceptors (Lipinski definition) is 5. The molecule has 0 fully saturated rings. The Balaban J connectivity index is 2.53. The SMILES string of the molecule is CCOC(=O)c1c(N)[nH]c(=O)c2cnc3ccccc3c12. The molecule has 6 nitrogen and oxygen atoms in total. The maximum absolute atomic E-state index is 12.2. The summed E-state index contributed by atoms with van der Waals surface area (Å²) in [5.74, 6) is -0.560. The Labute approximate surface area is 119 Å². The predicted molar refractivity (Wildman–Crippen MR) is 80.2 cm³/mol. The minimum absolute atomic E-state index is 0.00213. The van der Waals surface area contributed by atoms with E-state index in [2.05, 4.69) is 9.97 Å². The lowest BCUT2D eigenvalue weighted by molar-refractivity contribution is 0.0529. The second-order valence-corrected chi connectivity index (χ2v) is 4.53. The highest BCUT2D eigenvalue weighted by molar-refractivity contribution is 6.17. The van der Waals surface area contributed by atoms with Gasteiger partial charge in [0.05, 0.1) is 17.5 Å². The fourth-order valence-corrected chi connectivity index (χ4v) is 2.38. The predicted octanol–water partition coefficient (Wildman–Crippen LogP) is 1.84. The first kappa shape index (κ1) is 13.1. The molecule has 21 heavy (non-hydrogen) atoms. The number of nitrogen functional groups attached to an aromatic ring is 1. The first-order valence-corrected chi connectivity index (χ1v) is 6.49. The van der Waals surface area contributed by atoms with Gasteiger partial charge >= 0.3 is 5.97 Å². The Kier molecular flexibility index (Phi) is 3.06. The third-order valence-corrected chi connectivity index (χ3v) is 3.27. The van der Waals surface area contributed by atoms with Gasteiger partial charge in [-0.15, -0.1) is 0 Å². The van der Waals surface area contributed by atoms with Crippen molar-refractivity contribution in [2.75, 3.05) is 12.3 Å². The Morgan fingerprint density at radius 1 is 1.33 bits per heavy atom. The van der Waals surface area contributed by atoms with Crippen LogP contribution in [-0.4, -0.2) is 22.5 Å². The van der Waals surface area contributed by atoms with Crippen molar-refractivity contribution < 1.29 is 9.53 Å². The monoisotopic (exact) mass is 283 g/mol. The van der Waals surface area contributed by atoms with Crippen LogP contribution < -0.4 is 11.3 Å². The third kappa shape index (κ3) is 2.01.